The fourth-order valence-corrected chi connectivity index (χ4v) is 1.70. The molecule has 0 bridgehead atoms. The van der Waals surface area contributed by atoms with Gasteiger partial charge in [-0.05, 0) is 32.9 Å². The van der Waals surface area contributed by atoms with Gasteiger partial charge in [-0.25, -0.2) is 4.79 Å². The van der Waals surface area contributed by atoms with Crippen molar-refractivity contribution in [2.45, 2.75) is 26.4 Å². The average molecular weight is 294 g/mol. The summed E-state index contributed by atoms with van der Waals surface area (Å²) in [5.41, 5.74) is 0.136. The van der Waals surface area contributed by atoms with Gasteiger partial charge in [-0.3, -0.25) is 0 Å². The zero-order valence-corrected chi connectivity index (χ0v) is 13.4. The van der Waals surface area contributed by atoms with E-state index >= 15 is 0 Å². The van der Waals surface area contributed by atoms with E-state index in [1.807, 2.05) is 20.8 Å². The Morgan fingerprint density at radius 3 is 2.19 bits per heavy atom. The predicted octanol–water partition coefficient (Wildman–Crippen LogP) is 3.07. The third-order valence-corrected chi connectivity index (χ3v) is 2.52. The Balaban J connectivity index is 3.08. The lowest BCUT2D eigenvalue weighted by Crippen LogP contribution is -2.22. The van der Waals surface area contributed by atoms with Gasteiger partial charge in [0.2, 0.25) is 0 Å². The van der Waals surface area contributed by atoms with Crippen LogP contribution in [-0.4, -0.2) is 32.9 Å². The number of hydrogen-bond acceptors (Lipinski definition) is 5. The first-order chi connectivity index (χ1) is 9.80. The van der Waals surface area contributed by atoms with Crippen LogP contribution in [0.3, 0.4) is 0 Å². The van der Waals surface area contributed by atoms with Gasteiger partial charge in [-0.1, -0.05) is 0 Å². The van der Waals surface area contributed by atoms with Crippen LogP contribution in [0.15, 0.2) is 18.2 Å². The fourth-order valence-electron chi connectivity index (χ4n) is 1.70. The summed E-state index contributed by atoms with van der Waals surface area (Å²) in [5.74, 6) is 1.24. The molecule has 0 unspecified atom stereocenters. The molecule has 0 saturated carbocycles. The summed E-state index contributed by atoms with van der Waals surface area (Å²) in [5, 5.41) is 0. The van der Waals surface area contributed by atoms with E-state index in [0.29, 0.717) is 22.8 Å². The average Bonchev–Trinajstić information content (AvgIpc) is 2.41. The van der Waals surface area contributed by atoms with Crippen molar-refractivity contribution in [1.29, 1.82) is 0 Å². The molecule has 116 valence electrons. The molecule has 0 aromatic heterocycles. The molecule has 0 radical (unpaired) electrons. The normalized spacial score (nSPS) is 11.3. The van der Waals surface area contributed by atoms with E-state index in [9.17, 15) is 4.79 Å². The van der Waals surface area contributed by atoms with E-state index in [4.69, 9.17) is 18.9 Å². The van der Waals surface area contributed by atoms with E-state index in [0.717, 1.165) is 0 Å². The number of rotatable bonds is 5. The van der Waals surface area contributed by atoms with Crippen molar-refractivity contribution >= 4 is 12.0 Å². The van der Waals surface area contributed by atoms with Crippen LogP contribution in [0.1, 0.15) is 26.3 Å². The van der Waals surface area contributed by atoms with Crippen molar-refractivity contribution in [3.05, 3.63) is 23.8 Å². The third-order valence-electron chi connectivity index (χ3n) is 2.52. The Morgan fingerprint density at radius 2 is 1.71 bits per heavy atom. The first kappa shape index (κ1) is 16.9. The number of carbonyl (C=O) groups excluding carboxylic acids is 1. The monoisotopic (exact) mass is 294 g/mol. The van der Waals surface area contributed by atoms with Gasteiger partial charge in [0.25, 0.3) is 0 Å². The van der Waals surface area contributed by atoms with Gasteiger partial charge >= 0.3 is 5.97 Å². The second-order valence-electron chi connectivity index (χ2n) is 5.32. The molecule has 0 aliphatic carbocycles. The van der Waals surface area contributed by atoms with E-state index in [-0.39, 0.29) is 0 Å². The quantitative estimate of drug-likeness (QED) is 0.617. The molecule has 5 nitrogen and oxygen atoms in total. The summed E-state index contributed by atoms with van der Waals surface area (Å²) in [4.78, 5) is 11.7. The minimum absolute atomic E-state index is 0.425. The minimum Gasteiger partial charge on any atom is -0.497 e. The first-order valence-electron chi connectivity index (χ1n) is 6.51. The number of methoxy groups -OCH3 is 3. The Hall–Kier alpha value is -2.17. The molecule has 1 rings (SSSR count). The summed E-state index contributed by atoms with van der Waals surface area (Å²) in [6, 6.07) is 3.46. The summed E-state index contributed by atoms with van der Waals surface area (Å²) < 4.78 is 21.0. The minimum atomic E-state index is -0.530. The zero-order valence-electron chi connectivity index (χ0n) is 13.4. The lowest BCUT2D eigenvalue weighted by molar-refractivity contribution is -0.148. The molecule has 0 atom stereocenters. The van der Waals surface area contributed by atoms with Crippen LogP contribution in [0, 0.1) is 0 Å². The van der Waals surface area contributed by atoms with Crippen LogP contribution in [0.4, 0.5) is 0 Å². The number of esters is 1. The predicted molar refractivity (Wildman–Crippen MR) is 81.0 cm³/mol. The van der Waals surface area contributed by atoms with Crippen LogP contribution < -0.4 is 14.2 Å². The lowest BCUT2D eigenvalue weighted by atomic mass is 10.1. The topological polar surface area (TPSA) is 54.0 Å². The Labute approximate surface area is 125 Å². The van der Waals surface area contributed by atoms with Gasteiger partial charge in [0.15, 0.2) is 11.5 Å². The van der Waals surface area contributed by atoms with Gasteiger partial charge in [0, 0.05) is 17.7 Å². The maximum absolute atomic E-state index is 11.7. The molecule has 0 amide bonds. The summed E-state index contributed by atoms with van der Waals surface area (Å²) in [6.45, 7) is 5.44. The van der Waals surface area contributed by atoms with E-state index in [2.05, 4.69) is 0 Å². The summed E-state index contributed by atoms with van der Waals surface area (Å²) >= 11 is 0. The summed E-state index contributed by atoms with van der Waals surface area (Å²) in [6.07, 6.45) is 2.96. The van der Waals surface area contributed by atoms with Crippen molar-refractivity contribution in [2.24, 2.45) is 0 Å². The van der Waals surface area contributed by atoms with Crippen molar-refractivity contribution in [3.63, 3.8) is 0 Å². The molecule has 5 heteroatoms. The number of benzene rings is 1. The molecule has 0 aliphatic rings. The number of hydrogen-bond donors (Lipinski definition) is 0. The molecule has 1 aromatic carbocycles. The van der Waals surface area contributed by atoms with E-state index in [1.165, 1.54) is 13.2 Å². The maximum atomic E-state index is 11.7. The molecular formula is C16H22O5. The standard InChI is InChI=1S/C16H22O5/c1-16(2,3)21-14(17)8-7-11-9-12(18-4)10-13(19-5)15(11)20-6/h7-10H,1-6H3. The van der Waals surface area contributed by atoms with Crippen molar-refractivity contribution < 1.29 is 23.7 Å². The highest BCUT2D eigenvalue weighted by Crippen LogP contribution is 2.36. The van der Waals surface area contributed by atoms with Gasteiger partial charge in [-0.2, -0.15) is 0 Å². The summed E-state index contributed by atoms with van der Waals surface area (Å²) in [7, 11) is 4.64. The molecule has 0 heterocycles. The molecule has 0 aliphatic heterocycles. The molecule has 21 heavy (non-hydrogen) atoms. The molecule has 0 fully saturated rings. The third kappa shape index (κ3) is 5.02. The Morgan fingerprint density at radius 1 is 1.05 bits per heavy atom. The van der Waals surface area contributed by atoms with Gasteiger partial charge in [0.05, 0.1) is 21.3 Å². The van der Waals surface area contributed by atoms with E-state index in [1.54, 1.807) is 32.4 Å². The van der Waals surface area contributed by atoms with Crippen LogP contribution in [0.25, 0.3) is 6.08 Å². The molecule has 1 aromatic rings. The van der Waals surface area contributed by atoms with Gasteiger partial charge in [-0.15, -0.1) is 0 Å². The van der Waals surface area contributed by atoms with Crippen LogP contribution in [0.2, 0.25) is 0 Å². The second kappa shape index (κ2) is 7.02. The highest BCUT2D eigenvalue weighted by Gasteiger charge is 2.15. The number of ether oxygens (including phenoxy) is 4. The lowest BCUT2D eigenvalue weighted by Gasteiger charge is -2.18. The maximum Gasteiger partial charge on any atom is 0.331 e. The SMILES string of the molecule is COc1cc(C=CC(=O)OC(C)(C)C)c(OC)c(OC)c1. The Kier molecular flexibility index (Phi) is 5.64. The fraction of sp³-hybridized carbons (Fsp3) is 0.438. The first-order valence-corrected chi connectivity index (χ1v) is 6.51. The van der Waals surface area contributed by atoms with Crippen LogP contribution in [-0.2, 0) is 9.53 Å². The van der Waals surface area contributed by atoms with Crippen molar-refractivity contribution in [1.82, 2.24) is 0 Å². The van der Waals surface area contributed by atoms with Crippen LogP contribution in [0.5, 0.6) is 17.2 Å². The molecule has 0 spiro atoms. The Bertz CT molecular complexity index is 526. The smallest absolute Gasteiger partial charge is 0.331 e. The van der Waals surface area contributed by atoms with Crippen molar-refractivity contribution in [3.8, 4) is 17.2 Å². The molecular weight excluding hydrogens is 272 g/mol. The van der Waals surface area contributed by atoms with Gasteiger partial charge in [0.1, 0.15) is 11.4 Å². The van der Waals surface area contributed by atoms with E-state index < -0.39 is 11.6 Å². The zero-order chi connectivity index (χ0) is 16.0. The second-order valence-corrected chi connectivity index (χ2v) is 5.32. The molecule has 0 N–H and O–H groups in total. The van der Waals surface area contributed by atoms with Crippen molar-refractivity contribution in [2.75, 3.05) is 21.3 Å². The highest BCUT2D eigenvalue weighted by atomic mass is 16.6. The largest absolute Gasteiger partial charge is 0.497 e. The van der Waals surface area contributed by atoms with Gasteiger partial charge < -0.3 is 18.9 Å². The highest BCUT2D eigenvalue weighted by molar-refractivity contribution is 5.88. The van der Waals surface area contributed by atoms with Crippen LogP contribution >= 0.6 is 0 Å². The molecule has 0 saturated heterocycles. The number of carbonyl (C=O) groups is 1.